The van der Waals surface area contributed by atoms with Gasteiger partial charge in [-0.2, -0.15) is 4.31 Å². The molecule has 1 aliphatic heterocycles. The van der Waals surface area contributed by atoms with Crippen LogP contribution in [0, 0.1) is 5.82 Å². The molecule has 0 unspecified atom stereocenters. The fourth-order valence-electron chi connectivity index (χ4n) is 3.32. The highest BCUT2D eigenvalue weighted by atomic mass is 79.9. The summed E-state index contributed by atoms with van der Waals surface area (Å²) in [5.74, 6) is -0.803. The lowest BCUT2D eigenvalue weighted by atomic mass is 10.1. The quantitative estimate of drug-likeness (QED) is 0.647. The smallest absolute Gasteiger partial charge is 0.243 e. The lowest BCUT2D eigenvalue weighted by Crippen LogP contribution is -2.31. The summed E-state index contributed by atoms with van der Waals surface area (Å²) >= 11 is 3.17. The van der Waals surface area contributed by atoms with E-state index in [0.717, 1.165) is 31.2 Å². The number of benzene rings is 2. The Morgan fingerprint density at radius 2 is 1.69 bits per heavy atom. The molecule has 29 heavy (non-hydrogen) atoms. The third kappa shape index (κ3) is 5.87. The average Bonchev–Trinajstić information content (AvgIpc) is 2.99. The number of hydrogen-bond donors (Lipinski definition) is 1. The van der Waals surface area contributed by atoms with Crippen LogP contribution in [0.5, 0.6) is 0 Å². The molecule has 1 N–H and O–H groups in total. The molecule has 1 aliphatic rings. The minimum absolute atomic E-state index is 0.136. The average molecular weight is 483 g/mol. The fraction of sp³-hybridized carbons (Fsp3) is 0.381. The highest BCUT2D eigenvalue weighted by molar-refractivity contribution is 9.10. The molecule has 5 nitrogen and oxygen atoms in total. The zero-order valence-corrected chi connectivity index (χ0v) is 18.4. The molecule has 0 aliphatic carbocycles. The topological polar surface area (TPSA) is 66.5 Å². The maximum absolute atomic E-state index is 13.8. The van der Waals surface area contributed by atoms with Crippen molar-refractivity contribution in [2.75, 3.05) is 18.4 Å². The molecule has 1 heterocycles. The van der Waals surface area contributed by atoms with Gasteiger partial charge in [-0.15, -0.1) is 0 Å². The minimum atomic E-state index is -3.47. The number of amides is 1. The molecule has 0 spiro atoms. The number of anilines is 1. The van der Waals surface area contributed by atoms with Crippen LogP contribution in [-0.4, -0.2) is 31.7 Å². The summed E-state index contributed by atoms with van der Waals surface area (Å²) in [6, 6.07) is 11.1. The Kier molecular flexibility index (Phi) is 7.43. The van der Waals surface area contributed by atoms with Crippen molar-refractivity contribution in [1.29, 1.82) is 0 Å². The van der Waals surface area contributed by atoms with E-state index in [1.807, 2.05) is 0 Å². The SMILES string of the molecule is O=C(CCc1ccc(S(=O)(=O)N2CCCCCC2)cc1)Nc1ccc(Br)cc1F. The van der Waals surface area contributed by atoms with Crippen molar-refractivity contribution in [2.24, 2.45) is 0 Å². The van der Waals surface area contributed by atoms with Gasteiger partial charge in [0.1, 0.15) is 5.82 Å². The van der Waals surface area contributed by atoms with Gasteiger partial charge in [-0.3, -0.25) is 4.79 Å². The molecule has 0 radical (unpaired) electrons. The number of halogens is 2. The van der Waals surface area contributed by atoms with E-state index in [9.17, 15) is 17.6 Å². The van der Waals surface area contributed by atoms with Gasteiger partial charge in [-0.25, -0.2) is 12.8 Å². The highest BCUT2D eigenvalue weighted by Gasteiger charge is 2.24. The summed E-state index contributed by atoms with van der Waals surface area (Å²) in [6.07, 6.45) is 4.53. The molecule has 1 fully saturated rings. The Bertz CT molecular complexity index is 956. The molecule has 1 amide bonds. The van der Waals surface area contributed by atoms with Gasteiger partial charge in [-0.1, -0.05) is 40.9 Å². The second-order valence-corrected chi connectivity index (χ2v) is 9.99. The Hall–Kier alpha value is -1.77. The normalized spacial score (nSPS) is 15.7. The van der Waals surface area contributed by atoms with E-state index in [1.165, 1.54) is 12.1 Å². The first kappa shape index (κ1) is 21.9. The lowest BCUT2D eigenvalue weighted by Gasteiger charge is -2.20. The van der Waals surface area contributed by atoms with E-state index in [0.29, 0.717) is 24.0 Å². The van der Waals surface area contributed by atoms with Gasteiger partial charge in [0, 0.05) is 24.0 Å². The molecule has 2 aromatic rings. The van der Waals surface area contributed by atoms with Crippen LogP contribution in [-0.2, 0) is 21.2 Å². The summed E-state index contributed by atoms with van der Waals surface area (Å²) in [6.45, 7) is 1.13. The van der Waals surface area contributed by atoms with Crippen LogP contribution in [0.15, 0.2) is 51.8 Å². The van der Waals surface area contributed by atoms with E-state index >= 15 is 0 Å². The van der Waals surface area contributed by atoms with Crippen LogP contribution in [0.2, 0.25) is 0 Å². The number of sulfonamides is 1. The molecule has 2 aromatic carbocycles. The molecule has 0 bridgehead atoms. The highest BCUT2D eigenvalue weighted by Crippen LogP contribution is 2.22. The number of rotatable bonds is 6. The van der Waals surface area contributed by atoms with Crippen LogP contribution in [0.4, 0.5) is 10.1 Å². The zero-order valence-electron chi connectivity index (χ0n) is 16.0. The third-order valence-corrected chi connectivity index (χ3v) is 7.38. The van der Waals surface area contributed by atoms with Crippen molar-refractivity contribution in [3.63, 3.8) is 0 Å². The van der Waals surface area contributed by atoms with E-state index in [4.69, 9.17) is 0 Å². The largest absolute Gasteiger partial charge is 0.324 e. The number of nitrogens with zero attached hydrogens (tertiary/aromatic N) is 1. The Balaban J connectivity index is 1.58. The van der Waals surface area contributed by atoms with Gasteiger partial charge in [0.2, 0.25) is 15.9 Å². The van der Waals surface area contributed by atoms with Gasteiger partial charge >= 0.3 is 0 Å². The molecule has 8 heteroatoms. The summed E-state index contributed by atoms with van der Waals surface area (Å²) < 4.78 is 41.6. The standard InChI is InChI=1S/C21H24BrFN2O3S/c22-17-8-11-20(19(23)15-17)24-21(26)12-7-16-5-9-18(10-6-16)29(27,28)25-13-3-1-2-4-14-25/h5-6,8-11,15H,1-4,7,12-14H2,(H,24,26). The number of nitrogens with one attached hydrogen (secondary N) is 1. The number of carbonyl (C=O) groups is 1. The number of carbonyl (C=O) groups excluding carboxylic acids is 1. The van der Waals surface area contributed by atoms with Gasteiger partial charge < -0.3 is 5.32 Å². The lowest BCUT2D eigenvalue weighted by molar-refractivity contribution is -0.116. The maximum Gasteiger partial charge on any atom is 0.243 e. The second kappa shape index (κ2) is 9.82. The van der Waals surface area contributed by atoms with Crippen LogP contribution in [0.25, 0.3) is 0 Å². The predicted octanol–water partition coefficient (Wildman–Crippen LogP) is 4.72. The first-order valence-electron chi connectivity index (χ1n) is 9.70. The van der Waals surface area contributed by atoms with Crippen molar-refractivity contribution < 1.29 is 17.6 Å². The van der Waals surface area contributed by atoms with Crippen molar-refractivity contribution in [1.82, 2.24) is 4.31 Å². The Morgan fingerprint density at radius 1 is 1.03 bits per heavy atom. The van der Waals surface area contributed by atoms with E-state index in [-0.39, 0.29) is 22.9 Å². The van der Waals surface area contributed by atoms with Crippen molar-refractivity contribution in [3.05, 3.63) is 58.3 Å². The molecule has 0 saturated carbocycles. The summed E-state index contributed by atoms with van der Waals surface area (Å²) in [7, 11) is -3.47. The molecule has 1 saturated heterocycles. The maximum atomic E-state index is 13.8. The van der Waals surface area contributed by atoms with Crippen molar-refractivity contribution in [2.45, 2.75) is 43.4 Å². The van der Waals surface area contributed by atoms with Gasteiger partial charge in [-0.05, 0) is 55.2 Å². The second-order valence-electron chi connectivity index (χ2n) is 7.13. The van der Waals surface area contributed by atoms with Crippen LogP contribution in [0.1, 0.15) is 37.7 Å². The summed E-state index contributed by atoms with van der Waals surface area (Å²) in [5, 5.41) is 2.55. The van der Waals surface area contributed by atoms with Crippen molar-refractivity contribution >= 4 is 37.5 Å². The molecular formula is C21H24BrFN2O3S. The zero-order chi connectivity index (χ0) is 20.9. The predicted molar refractivity (Wildman–Crippen MR) is 115 cm³/mol. The Labute approximate surface area is 179 Å². The van der Waals surface area contributed by atoms with E-state index in [1.54, 1.807) is 34.6 Å². The van der Waals surface area contributed by atoms with Crippen LogP contribution >= 0.6 is 15.9 Å². The first-order valence-corrected chi connectivity index (χ1v) is 11.9. The van der Waals surface area contributed by atoms with Crippen molar-refractivity contribution in [3.8, 4) is 0 Å². The molecular weight excluding hydrogens is 459 g/mol. The van der Waals surface area contributed by atoms with Gasteiger partial charge in [0.15, 0.2) is 0 Å². The number of aryl methyl sites for hydroxylation is 1. The van der Waals surface area contributed by atoms with Crippen LogP contribution in [0.3, 0.4) is 0 Å². The summed E-state index contributed by atoms with van der Waals surface area (Å²) in [5.41, 5.74) is 0.989. The third-order valence-electron chi connectivity index (χ3n) is 4.97. The van der Waals surface area contributed by atoms with E-state index in [2.05, 4.69) is 21.2 Å². The summed E-state index contributed by atoms with van der Waals surface area (Å²) in [4.78, 5) is 12.4. The molecule has 156 valence electrons. The molecule has 0 atom stereocenters. The minimum Gasteiger partial charge on any atom is -0.324 e. The van der Waals surface area contributed by atoms with E-state index < -0.39 is 15.8 Å². The number of hydrogen-bond acceptors (Lipinski definition) is 3. The van der Waals surface area contributed by atoms with Crippen LogP contribution < -0.4 is 5.32 Å². The molecule has 0 aromatic heterocycles. The Morgan fingerprint density at radius 3 is 2.31 bits per heavy atom. The van der Waals surface area contributed by atoms with Gasteiger partial charge in [0.25, 0.3) is 0 Å². The molecule has 3 rings (SSSR count). The first-order chi connectivity index (χ1) is 13.9. The van der Waals surface area contributed by atoms with Gasteiger partial charge in [0.05, 0.1) is 10.6 Å². The fourth-order valence-corrected chi connectivity index (χ4v) is 5.17. The monoisotopic (exact) mass is 482 g/mol.